The molecule has 3 rings (SSSR count). The average Bonchev–Trinajstić information content (AvgIpc) is 2.87. The molecule has 0 amide bonds. The van der Waals surface area contributed by atoms with Crippen LogP contribution >= 0.6 is 0 Å². The van der Waals surface area contributed by atoms with Crippen molar-refractivity contribution in [2.75, 3.05) is 0 Å². The van der Waals surface area contributed by atoms with Crippen LogP contribution in [0.1, 0.15) is 16.1 Å². The van der Waals surface area contributed by atoms with Crippen molar-refractivity contribution < 1.29 is 9.90 Å². The minimum absolute atomic E-state index is 0.181. The lowest BCUT2D eigenvalue weighted by Gasteiger charge is -2.07. The van der Waals surface area contributed by atoms with E-state index in [9.17, 15) is 4.79 Å². The van der Waals surface area contributed by atoms with Crippen LogP contribution in [0.25, 0.3) is 10.9 Å². The summed E-state index contributed by atoms with van der Waals surface area (Å²) in [5, 5.41) is 14.1. The Balaban J connectivity index is 2.06. The molecule has 0 fully saturated rings. The standard InChI is InChI=1S/C14H11N3O2/c18-14(19)13-6-8-16-17(13)9-10-5-7-15-12-4-2-1-3-11(10)12/h1-8H,9H2,(H,18,19). The molecule has 0 bridgehead atoms. The molecule has 2 aromatic heterocycles. The van der Waals surface area contributed by atoms with Crippen LogP contribution in [0.2, 0.25) is 0 Å². The Kier molecular flexibility index (Phi) is 2.72. The van der Waals surface area contributed by atoms with Gasteiger partial charge >= 0.3 is 5.97 Å². The molecule has 0 aliphatic rings. The Morgan fingerprint density at radius 2 is 2.00 bits per heavy atom. The minimum atomic E-state index is -0.976. The molecule has 5 nitrogen and oxygen atoms in total. The van der Waals surface area contributed by atoms with Gasteiger partial charge in [-0.05, 0) is 23.8 Å². The topological polar surface area (TPSA) is 68.0 Å². The quantitative estimate of drug-likeness (QED) is 0.776. The molecule has 0 spiro atoms. The Bertz CT molecular complexity index is 744. The highest BCUT2D eigenvalue weighted by Gasteiger charge is 2.11. The lowest BCUT2D eigenvalue weighted by molar-refractivity contribution is 0.0684. The predicted octanol–water partition coefficient (Wildman–Crippen LogP) is 2.18. The van der Waals surface area contributed by atoms with E-state index >= 15 is 0 Å². The second-order valence-corrected chi connectivity index (χ2v) is 4.17. The van der Waals surface area contributed by atoms with E-state index in [1.165, 1.54) is 16.9 Å². The number of para-hydroxylation sites is 1. The van der Waals surface area contributed by atoms with Gasteiger partial charge in [0.25, 0.3) is 0 Å². The molecule has 94 valence electrons. The monoisotopic (exact) mass is 253 g/mol. The van der Waals surface area contributed by atoms with E-state index in [0.717, 1.165) is 16.5 Å². The van der Waals surface area contributed by atoms with Crippen LogP contribution in [-0.4, -0.2) is 25.8 Å². The van der Waals surface area contributed by atoms with Gasteiger partial charge in [0.15, 0.2) is 0 Å². The number of nitrogens with zero attached hydrogens (tertiary/aromatic N) is 3. The fraction of sp³-hybridized carbons (Fsp3) is 0.0714. The van der Waals surface area contributed by atoms with Crippen molar-refractivity contribution in [3.8, 4) is 0 Å². The molecule has 19 heavy (non-hydrogen) atoms. The van der Waals surface area contributed by atoms with Gasteiger partial charge in [0.05, 0.1) is 12.1 Å². The van der Waals surface area contributed by atoms with Crippen LogP contribution in [0.3, 0.4) is 0 Å². The number of pyridine rings is 1. The van der Waals surface area contributed by atoms with Gasteiger partial charge in [0.1, 0.15) is 5.69 Å². The molecule has 3 aromatic rings. The number of hydrogen-bond donors (Lipinski definition) is 1. The number of hydrogen-bond acceptors (Lipinski definition) is 3. The molecule has 2 heterocycles. The maximum Gasteiger partial charge on any atom is 0.354 e. The number of benzene rings is 1. The first-order chi connectivity index (χ1) is 9.25. The number of aromatic nitrogens is 3. The van der Waals surface area contributed by atoms with Crippen molar-refractivity contribution in [1.82, 2.24) is 14.8 Å². The highest BCUT2D eigenvalue weighted by molar-refractivity contribution is 5.86. The third-order valence-corrected chi connectivity index (χ3v) is 3.00. The third-order valence-electron chi connectivity index (χ3n) is 3.00. The molecule has 1 aromatic carbocycles. The van der Waals surface area contributed by atoms with E-state index in [-0.39, 0.29) is 5.69 Å². The molecular weight excluding hydrogens is 242 g/mol. The molecule has 0 unspecified atom stereocenters. The van der Waals surface area contributed by atoms with E-state index < -0.39 is 5.97 Å². The minimum Gasteiger partial charge on any atom is -0.477 e. The van der Waals surface area contributed by atoms with Crippen LogP contribution in [0.5, 0.6) is 0 Å². The summed E-state index contributed by atoms with van der Waals surface area (Å²) in [4.78, 5) is 15.3. The zero-order chi connectivity index (χ0) is 13.2. The normalized spacial score (nSPS) is 10.7. The van der Waals surface area contributed by atoms with Gasteiger partial charge in [-0.1, -0.05) is 18.2 Å². The fourth-order valence-electron chi connectivity index (χ4n) is 2.09. The van der Waals surface area contributed by atoms with Crippen molar-refractivity contribution in [3.63, 3.8) is 0 Å². The Morgan fingerprint density at radius 1 is 1.16 bits per heavy atom. The van der Waals surface area contributed by atoms with Crippen LogP contribution in [-0.2, 0) is 6.54 Å². The molecule has 0 saturated carbocycles. The van der Waals surface area contributed by atoms with Crippen molar-refractivity contribution in [3.05, 3.63) is 60.0 Å². The van der Waals surface area contributed by atoms with Gasteiger partial charge in [-0.25, -0.2) is 4.79 Å². The third kappa shape index (κ3) is 2.06. The van der Waals surface area contributed by atoms with E-state index in [2.05, 4.69) is 10.1 Å². The van der Waals surface area contributed by atoms with Crippen molar-refractivity contribution in [1.29, 1.82) is 0 Å². The van der Waals surface area contributed by atoms with E-state index in [1.807, 2.05) is 30.3 Å². The molecule has 0 saturated heterocycles. The van der Waals surface area contributed by atoms with Gasteiger partial charge < -0.3 is 5.11 Å². The maximum absolute atomic E-state index is 11.1. The second-order valence-electron chi connectivity index (χ2n) is 4.17. The summed E-state index contributed by atoms with van der Waals surface area (Å²) >= 11 is 0. The lowest BCUT2D eigenvalue weighted by atomic mass is 10.1. The molecule has 0 aliphatic heterocycles. The van der Waals surface area contributed by atoms with Crippen molar-refractivity contribution in [2.24, 2.45) is 0 Å². The van der Waals surface area contributed by atoms with Crippen LogP contribution < -0.4 is 0 Å². The van der Waals surface area contributed by atoms with Crippen LogP contribution in [0, 0.1) is 0 Å². The van der Waals surface area contributed by atoms with Gasteiger partial charge in [-0.3, -0.25) is 9.67 Å². The first-order valence-corrected chi connectivity index (χ1v) is 5.83. The molecule has 0 atom stereocenters. The number of fused-ring (bicyclic) bond motifs is 1. The zero-order valence-electron chi connectivity index (χ0n) is 10.0. The predicted molar refractivity (Wildman–Crippen MR) is 70.0 cm³/mol. The van der Waals surface area contributed by atoms with Crippen molar-refractivity contribution in [2.45, 2.75) is 6.54 Å². The summed E-state index contributed by atoms with van der Waals surface area (Å²) in [6.45, 7) is 0.414. The average molecular weight is 253 g/mol. The molecule has 1 N–H and O–H groups in total. The van der Waals surface area contributed by atoms with Gasteiger partial charge in [-0.2, -0.15) is 5.10 Å². The molecule has 0 radical (unpaired) electrons. The summed E-state index contributed by atoms with van der Waals surface area (Å²) in [5.41, 5.74) is 2.07. The SMILES string of the molecule is O=C(O)c1ccnn1Cc1ccnc2ccccc12. The number of aromatic carboxylic acids is 1. The molecular formula is C14H11N3O2. The lowest BCUT2D eigenvalue weighted by Crippen LogP contribution is -2.11. The number of rotatable bonds is 3. The van der Waals surface area contributed by atoms with Crippen molar-refractivity contribution >= 4 is 16.9 Å². The maximum atomic E-state index is 11.1. The number of carbonyl (C=O) groups is 1. The van der Waals surface area contributed by atoms with Gasteiger partial charge in [0.2, 0.25) is 0 Å². The summed E-state index contributed by atoms with van der Waals surface area (Å²) in [6, 6.07) is 11.1. The highest BCUT2D eigenvalue weighted by Crippen LogP contribution is 2.17. The number of carboxylic acids is 1. The summed E-state index contributed by atoms with van der Waals surface area (Å²) < 4.78 is 1.48. The first-order valence-electron chi connectivity index (χ1n) is 5.83. The van der Waals surface area contributed by atoms with Crippen LogP contribution in [0.15, 0.2) is 48.8 Å². The Hall–Kier alpha value is -2.69. The van der Waals surface area contributed by atoms with E-state index in [1.54, 1.807) is 6.20 Å². The summed E-state index contributed by atoms with van der Waals surface area (Å²) in [5.74, 6) is -0.976. The number of carboxylic acid groups (broad SMARTS) is 1. The Morgan fingerprint density at radius 3 is 2.84 bits per heavy atom. The molecule has 0 aliphatic carbocycles. The fourth-order valence-corrected chi connectivity index (χ4v) is 2.09. The molecule has 5 heteroatoms. The van der Waals surface area contributed by atoms with E-state index in [4.69, 9.17) is 5.11 Å². The smallest absolute Gasteiger partial charge is 0.354 e. The summed E-state index contributed by atoms with van der Waals surface area (Å²) in [6.07, 6.45) is 3.22. The van der Waals surface area contributed by atoms with Crippen LogP contribution in [0.4, 0.5) is 0 Å². The summed E-state index contributed by atoms with van der Waals surface area (Å²) in [7, 11) is 0. The Labute approximate surface area is 109 Å². The largest absolute Gasteiger partial charge is 0.477 e. The first kappa shape index (κ1) is 11.4. The zero-order valence-corrected chi connectivity index (χ0v) is 10.0. The highest BCUT2D eigenvalue weighted by atomic mass is 16.4. The second kappa shape index (κ2) is 4.53. The van der Waals surface area contributed by atoms with Gasteiger partial charge in [0, 0.05) is 17.8 Å². The van der Waals surface area contributed by atoms with E-state index in [0.29, 0.717) is 6.54 Å². The van der Waals surface area contributed by atoms with Gasteiger partial charge in [-0.15, -0.1) is 0 Å².